The average molecular weight is 281 g/mol. The van der Waals surface area contributed by atoms with Crippen molar-refractivity contribution >= 4 is 11.3 Å². The maximum Gasteiger partial charge on any atom is 0.0115 e. The van der Waals surface area contributed by atoms with Gasteiger partial charge in [-0.3, -0.25) is 4.90 Å². The van der Waals surface area contributed by atoms with E-state index in [1.807, 2.05) is 11.3 Å². The summed E-state index contributed by atoms with van der Waals surface area (Å²) in [6.45, 7) is 12.8. The Morgan fingerprint density at radius 3 is 2.63 bits per heavy atom. The van der Waals surface area contributed by atoms with Crippen LogP contribution in [0.25, 0.3) is 0 Å². The first-order chi connectivity index (χ1) is 9.08. The standard InChI is InChI=1S/C15H27N3S/c1-15(2,14-5-4-12-19-14)13-16-6-7-18-10-8-17(3)9-11-18/h4-5,12,16H,6-11,13H2,1-3H3. The van der Waals surface area contributed by atoms with Crippen LogP contribution in [0, 0.1) is 0 Å². The number of likely N-dealkylation sites (N-methyl/N-ethyl adjacent to an activating group) is 1. The highest BCUT2D eigenvalue weighted by atomic mass is 32.1. The molecular formula is C15H27N3S. The van der Waals surface area contributed by atoms with Gasteiger partial charge in [-0.2, -0.15) is 0 Å². The Hall–Kier alpha value is -0.420. The SMILES string of the molecule is CN1CCN(CCNCC(C)(C)c2cccs2)CC1. The highest BCUT2D eigenvalue weighted by Gasteiger charge is 2.21. The molecule has 0 radical (unpaired) electrons. The number of piperazine rings is 1. The molecule has 1 aromatic heterocycles. The first kappa shape index (κ1) is 15.0. The number of hydrogen-bond donors (Lipinski definition) is 1. The first-order valence-corrected chi connectivity index (χ1v) is 8.11. The molecule has 3 nitrogen and oxygen atoms in total. The number of hydrogen-bond acceptors (Lipinski definition) is 4. The van der Waals surface area contributed by atoms with Gasteiger partial charge >= 0.3 is 0 Å². The van der Waals surface area contributed by atoms with Crippen molar-refractivity contribution in [3.8, 4) is 0 Å². The van der Waals surface area contributed by atoms with Gasteiger partial charge in [-0.15, -0.1) is 11.3 Å². The third-order valence-corrected chi connectivity index (χ3v) is 5.19. The van der Waals surface area contributed by atoms with E-state index in [-0.39, 0.29) is 5.41 Å². The molecule has 1 aromatic rings. The molecule has 0 saturated carbocycles. The van der Waals surface area contributed by atoms with Crippen molar-refractivity contribution < 1.29 is 0 Å². The van der Waals surface area contributed by atoms with Gasteiger partial charge in [0.2, 0.25) is 0 Å². The lowest BCUT2D eigenvalue weighted by atomic mass is 9.91. The van der Waals surface area contributed by atoms with E-state index >= 15 is 0 Å². The van der Waals surface area contributed by atoms with Crippen molar-refractivity contribution in [1.29, 1.82) is 0 Å². The summed E-state index contributed by atoms with van der Waals surface area (Å²) in [5.74, 6) is 0. The number of thiophene rings is 1. The summed E-state index contributed by atoms with van der Waals surface area (Å²) in [4.78, 5) is 6.44. The Balaban J connectivity index is 1.64. The van der Waals surface area contributed by atoms with Gasteiger partial charge in [0.15, 0.2) is 0 Å². The molecule has 0 amide bonds. The summed E-state index contributed by atoms with van der Waals surface area (Å²) in [6, 6.07) is 4.39. The minimum Gasteiger partial charge on any atom is -0.315 e. The first-order valence-electron chi connectivity index (χ1n) is 7.23. The molecule has 0 spiro atoms. The van der Waals surface area contributed by atoms with Crippen molar-refractivity contribution in [2.75, 3.05) is 52.9 Å². The molecule has 19 heavy (non-hydrogen) atoms. The highest BCUT2D eigenvalue weighted by Crippen LogP contribution is 2.26. The Morgan fingerprint density at radius 1 is 1.26 bits per heavy atom. The third kappa shape index (κ3) is 4.56. The van der Waals surface area contributed by atoms with E-state index in [1.165, 1.54) is 37.6 Å². The predicted molar refractivity (Wildman–Crippen MR) is 84.2 cm³/mol. The van der Waals surface area contributed by atoms with Gasteiger partial charge in [-0.05, 0) is 18.5 Å². The molecule has 0 aliphatic carbocycles. The lowest BCUT2D eigenvalue weighted by molar-refractivity contribution is 0.154. The van der Waals surface area contributed by atoms with Gasteiger partial charge < -0.3 is 10.2 Å². The number of rotatable bonds is 6. The van der Waals surface area contributed by atoms with E-state index in [9.17, 15) is 0 Å². The zero-order chi connectivity index (χ0) is 13.7. The Kier molecular flexibility index (Phi) is 5.39. The smallest absolute Gasteiger partial charge is 0.0115 e. The molecule has 2 heterocycles. The van der Waals surface area contributed by atoms with E-state index < -0.39 is 0 Å². The van der Waals surface area contributed by atoms with Crippen molar-refractivity contribution in [3.63, 3.8) is 0 Å². The van der Waals surface area contributed by atoms with Crippen molar-refractivity contribution in [2.24, 2.45) is 0 Å². The zero-order valence-corrected chi connectivity index (χ0v) is 13.3. The van der Waals surface area contributed by atoms with Crippen molar-refractivity contribution in [1.82, 2.24) is 15.1 Å². The summed E-state index contributed by atoms with van der Waals surface area (Å²) < 4.78 is 0. The third-order valence-electron chi connectivity index (χ3n) is 3.96. The molecule has 0 bridgehead atoms. The molecule has 0 unspecified atom stereocenters. The number of nitrogens with one attached hydrogen (secondary N) is 1. The van der Waals surface area contributed by atoms with E-state index in [1.54, 1.807) is 0 Å². The minimum absolute atomic E-state index is 0.246. The average Bonchev–Trinajstić information content (AvgIpc) is 2.91. The molecule has 1 aliphatic rings. The summed E-state index contributed by atoms with van der Waals surface area (Å²) in [6.07, 6.45) is 0. The second-order valence-corrected chi connectivity index (χ2v) is 7.13. The second kappa shape index (κ2) is 6.84. The molecule has 0 atom stereocenters. The second-order valence-electron chi connectivity index (χ2n) is 6.18. The maximum absolute atomic E-state index is 3.62. The van der Waals surface area contributed by atoms with Gasteiger partial charge in [-0.25, -0.2) is 0 Å². The van der Waals surface area contributed by atoms with Crippen LogP contribution in [0.2, 0.25) is 0 Å². The molecule has 1 aliphatic heterocycles. The van der Waals surface area contributed by atoms with Gasteiger partial charge in [0.1, 0.15) is 0 Å². The minimum atomic E-state index is 0.246. The van der Waals surface area contributed by atoms with E-state index in [2.05, 4.69) is 53.5 Å². The zero-order valence-electron chi connectivity index (χ0n) is 12.5. The molecular weight excluding hydrogens is 254 g/mol. The maximum atomic E-state index is 3.62. The van der Waals surface area contributed by atoms with Crippen molar-refractivity contribution in [3.05, 3.63) is 22.4 Å². The Labute approximate surface area is 121 Å². The molecule has 0 aromatic carbocycles. The van der Waals surface area contributed by atoms with Crippen LogP contribution in [-0.4, -0.2) is 62.7 Å². The van der Waals surface area contributed by atoms with Crippen LogP contribution < -0.4 is 5.32 Å². The fraction of sp³-hybridized carbons (Fsp3) is 0.733. The molecule has 108 valence electrons. The number of nitrogens with zero attached hydrogens (tertiary/aromatic N) is 2. The molecule has 2 rings (SSSR count). The quantitative estimate of drug-likeness (QED) is 0.803. The fourth-order valence-electron chi connectivity index (χ4n) is 2.46. The molecule has 1 fully saturated rings. The van der Waals surface area contributed by atoms with Crippen LogP contribution in [0.5, 0.6) is 0 Å². The van der Waals surface area contributed by atoms with E-state index in [0.29, 0.717) is 0 Å². The molecule has 1 saturated heterocycles. The van der Waals surface area contributed by atoms with Gasteiger partial charge in [0.05, 0.1) is 0 Å². The normalized spacial score (nSPS) is 18.9. The fourth-order valence-corrected chi connectivity index (χ4v) is 3.31. The lowest BCUT2D eigenvalue weighted by Gasteiger charge is -2.32. The monoisotopic (exact) mass is 281 g/mol. The Morgan fingerprint density at radius 2 is 2.00 bits per heavy atom. The molecule has 1 N–H and O–H groups in total. The van der Waals surface area contributed by atoms with Gasteiger partial charge in [0, 0.05) is 56.1 Å². The van der Waals surface area contributed by atoms with Crippen LogP contribution >= 0.6 is 11.3 Å². The Bertz CT molecular complexity index is 353. The van der Waals surface area contributed by atoms with Crippen LogP contribution in [0.3, 0.4) is 0 Å². The largest absolute Gasteiger partial charge is 0.315 e. The van der Waals surface area contributed by atoms with E-state index in [0.717, 1.165) is 13.1 Å². The van der Waals surface area contributed by atoms with Crippen LogP contribution in [0.1, 0.15) is 18.7 Å². The molecule has 4 heteroatoms. The summed E-state index contributed by atoms with van der Waals surface area (Å²) in [5, 5.41) is 5.79. The summed E-state index contributed by atoms with van der Waals surface area (Å²) in [7, 11) is 2.21. The topological polar surface area (TPSA) is 18.5 Å². The summed E-state index contributed by atoms with van der Waals surface area (Å²) in [5.41, 5.74) is 0.246. The van der Waals surface area contributed by atoms with Crippen LogP contribution in [0.4, 0.5) is 0 Å². The lowest BCUT2D eigenvalue weighted by Crippen LogP contribution is -2.47. The van der Waals surface area contributed by atoms with Crippen molar-refractivity contribution in [2.45, 2.75) is 19.3 Å². The van der Waals surface area contributed by atoms with Gasteiger partial charge in [-0.1, -0.05) is 19.9 Å². The van der Waals surface area contributed by atoms with Crippen LogP contribution in [-0.2, 0) is 5.41 Å². The van der Waals surface area contributed by atoms with Gasteiger partial charge in [0.25, 0.3) is 0 Å². The van der Waals surface area contributed by atoms with Crippen LogP contribution in [0.15, 0.2) is 17.5 Å². The highest BCUT2D eigenvalue weighted by molar-refractivity contribution is 7.10. The summed E-state index contributed by atoms with van der Waals surface area (Å²) >= 11 is 1.86. The van der Waals surface area contributed by atoms with E-state index in [4.69, 9.17) is 0 Å². The predicted octanol–water partition coefficient (Wildman–Crippen LogP) is 1.86.